The molecule has 1 aromatic carbocycles. The van der Waals surface area contributed by atoms with Crippen LogP contribution in [0.5, 0.6) is 0 Å². The van der Waals surface area contributed by atoms with Crippen LogP contribution in [0.3, 0.4) is 0 Å². The summed E-state index contributed by atoms with van der Waals surface area (Å²) < 4.78 is 0. The molecule has 92 valence electrons. The molecule has 3 rings (SSSR count). The van der Waals surface area contributed by atoms with Crippen LogP contribution in [0.15, 0.2) is 24.3 Å². The predicted octanol–water partition coefficient (Wildman–Crippen LogP) is 4.18. The predicted molar refractivity (Wildman–Crippen MR) is 72.2 cm³/mol. The maximum atomic E-state index is 5.92. The van der Waals surface area contributed by atoms with E-state index >= 15 is 0 Å². The molecule has 2 bridgehead atoms. The van der Waals surface area contributed by atoms with Crippen LogP contribution in [0.25, 0.3) is 0 Å². The Morgan fingerprint density at radius 2 is 1.94 bits per heavy atom. The number of nitrogens with one attached hydrogen (secondary N) is 1. The molecule has 2 saturated carbocycles. The molecule has 1 N–H and O–H groups in total. The van der Waals surface area contributed by atoms with Crippen molar-refractivity contribution in [3.8, 4) is 0 Å². The third-order valence-corrected chi connectivity index (χ3v) is 4.82. The molecule has 0 amide bonds. The highest BCUT2D eigenvalue weighted by Crippen LogP contribution is 2.45. The quantitative estimate of drug-likeness (QED) is 0.848. The van der Waals surface area contributed by atoms with Gasteiger partial charge in [-0.05, 0) is 55.7 Å². The second-order valence-corrected chi connectivity index (χ2v) is 6.16. The molecular weight excluding hydrogens is 230 g/mol. The first-order chi connectivity index (χ1) is 8.22. The molecule has 4 atom stereocenters. The molecule has 2 fully saturated rings. The van der Waals surface area contributed by atoms with Gasteiger partial charge in [-0.1, -0.05) is 30.2 Å². The van der Waals surface area contributed by atoms with Gasteiger partial charge in [0.05, 0.1) is 0 Å². The monoisotopic (exact) mass is 249 g/mol. The van der Waals surface area contributed by atoms with Crippen molar-refractivity contribution in [1.82, 2.24) is 5.32 Å². The van der Waals surface area contributed by atoms with E-state index in [0.717, 1.165) is 22.9 Å². The third kappa shape index (κ3) is 2.36. The average molecular weight is 250 g/mol. The van der Waals surface area contributed by atoms with Crippen LogP contribution in [0.1, 0.15) is 44.2 Å². The van der Waals surface area contributed by atoms with Crippen molar-refractivity contribution < 1.29 is 0 Å². The van der Waals surface area contributed by atoms with Crippen molar-refractivity contribution in [3.05, 3.63) is 34.9 Å². The van der Waals surface area contributed by atoms with Crippen LogP contribution in [0.4, 0.5) is 0 Å². The third-order valence-electron chi connectivity index (χ3n) is 4.57. The van der Waals surface area contributed by atoms with Gasteiger partial charge in [0.15, 0.2) is 0 Å². The summed E-state index contributed by atoms with van der Waals surface area (Å²) in [5, 5.41) is 4.62. The summed E-state index contributed by atoms with van der Waals surface area (Å²) in [4.78, 5) is 0. The van der Waals surface area contributed by atoms with Crippen LogP contribution >= 0.6 is 11.6 Å². The second-order valence-electron chi connectivity index (χ2n) is 5.72. The zero-order chi connectivity index (χ0) is 11.8. The smallest absolute Gasteiger partial charge is 0.0406 e. The molecule has 0 radical (unpaired) electrons. The summed E-state index contributed by atoms with van der Waals surface area (Å²) in [5.41, 5.74) is 1.34. The number of halogens is 1. The lowest BCUT2D eigenvalue weighted by atomic mass is 9.94. The van der Waals surface area contributed by atoms with Gasteiger partial charge in [-0.2, -0.15) is 0 Å². The molecule has 0 saturated heterocycles. The Kier molecular flexibility index (Phi) is 3.14. The Morgan fingerprint density at radius 3 is 2.53 bits per heavy atom. The Morgan fingerprint density at radius 1 is 1.18 bits per heavy atom. The minimum Gasteiger partial charge on any atom is -0.307 e. The van der Waals surface area contributed by atoms with Gasteiger partial charge in [-0.3, -0.25) is 0 Å². The molecule has 2 aliphatic carbocycles. The highest BCUT2D eigenvalue weighted by molar-refractivity contribution is 6.30. The van der Waals surface area contributed by atoms with E-state index in [0.29, 0.717) is 6.04 Å². The van der Waals surface area contributed by atoms with Gasteiger partial charge in [0.2, 0.25) is 0 Å². The van der Waals surface area contributed by atoms with Crippen molar-refractivity contribution in [2.24, 2.45) is 11.8 Å². The zero-order valence-corrected chi connectivity index (χ0v) is 11.1. The topological polar surface area (TPSA) is 12.0 Å². The van der Waals surface area contributed by atoms with E-state index in [1.165, 1.54) is 31.2 Å². The van der Waals surface area contributed by atoms with E-state index in [9.17, 15) is 0 Å². The van der Waals surface area contributed by atoms with Gasteiger partial charge in [0, 0.05) is 17.1 Å². The second kappa shape index (κ2) is 4.62. The van der Waals surface area contributed by atoms with E-state index < -0.39 is 0 Å². The maximum absolute atomic E-state index is 5.92. The standard InChI is InChI=1S/C15H20ClN/c1-10(12-4-6-14(16)7-5-12)17-15-9-11-2-3-13(15)8-11/h4-7,10-11,13,15,17H,2-3,8-9H2,1H3/t10-,11?,13?,15?/m0/s1. The van der Waals surface area contributed by atoms with Gasteiger partial charge < -0.3 is 5.32 Å². The summed E-state index contributed by atoms with van der Waals surface area (Å²) in [7, 11) is 0. The van der Waals surface area contributed by atoms with E-state index in [1.807, 2.05) is 12.1 Å². The Bertz CT molecular complexity index is 386. The highest BCUT2D eigenvalue weighted by atomic mass is 35.5. The maximum Gasteiger partial charge on any atom is 0.0406 e. The van der Waals surface area contributed by atoms with E-state index in [-0.39, 0.29) is 0 Å². The van der Waals surface area contributed by atoms with Gasteiger partial charge in [0.25, 0.3) is 0 Å². The summed E-state index contributed by atoms with van der Waals surface area (Å²) >= 11 is 5.92. The lowest BCUT2D eigenvalue weighted by Gasteiger charge is -2.27. The fraction of sp³-hybridized carbons (Fsp3) is 0.600. The Labute approximate surface area is 109 Å². The van der Waals surface area contributed by atoms with Crippen molar-refractivity contribution in [3.63, 3.8) is 0 Å². The van der Waals surface area contributed by atoms with Crippen molar-refractivity contribution in [2.45, 2.75) is 44.7 Å². The summed E-state index contributed by atoms with van der Waals surface area (Å²) in [6, 6.07) is 9.42. The molecule has 2 heteroatoms. The minimum atomic E-state index is 0.441. The van der Waals surface area contributed by atoms with Gasteiger partial charge >= 0.3 is 0 Å². The fourth-order valence-corrected chi connectivity index (χ4v) is 3.74. The first-order valence-corrected chi connectivity index (χ1v) is 7.11. The molecule has 1 aromatic rings. The van der Waals surface area contributed by atoms with Gasteiger partial charge in [-0.15, -0.1) is 0 Å². The van der Waals surface area contributed by atoms with E-state index in [2.05, 4.69) is 24.4 Å². The van der Waals surface area contributed by atoms with Gasteiger partial charge in [0.1, 0.15) is 0 Å². The van der Waals surface area contributed by atoms with Crippen LogP contribution in [0.2, 0.25) is 5.02 Å². The normalized spacial score (nSPS) is 32.9. The molecule has 0 heterocycles. The fourth-order valence-electron chi connectivity index (χ4n) is 3.62. The first kappa shape index (κ1) is 11.6. The molecule has 3 unspecified atom stereocenters. The SMILES string of the molecule is C[C@H](NC1CC2CCC1C2)c1ccc(Cl)cc1. The largest absolute Gasteiger partial charge is 0.307 e. The van der Waals surface area contributed by atoms with E-state index in [1.54, 1.807) is 0 Å². The van der Waals surface area contributed by atoms with Crippen LogP contribution < -0.4 is 5.32 Å². The number of hydrogen-bond acceptors (Lipinski definition) is 1. The lowest BCUT2D eigenvalue weighted by Crippen LogP contribution is -2.35. The molecule has 0 aliphatic heterocycles. The summed E-state index contributed by atoms with van der Waals surface area (Å²) in [5.74, 6) is 1.95. The van der Waals surface area contributed by atoms with Crippen molar-refractivity contribution >= 4 is 11.6 Å². The number of rotatable bonds is 3. The lowest BCUT2D eigenvalue weighted by molar-refractivity contribution is 0.327. The zero-order valence-electron chi connectivity index (χ0n) is 10.3. The molecule has 0 aromatic heterocycles. The summed E-state index contributed by atoms with van der Waals surface area (Å²) in [6.45, 7) is 2.26. The number of benzene rings is 1. The van der Waals surface area contributed by atoms with Crippen LogP contribution in [-0.2, 0) is 0 Å². The Balaban J connectivity index is 1.63. The van der Waals surface area contributed by atoms with Crippen LogP contribution in [0, 0.1) is 11.8 Å². The number of hydrogen-bond donors (Lipinski definition) is 1. The first-order valence-electron chi connectivity index (χ1n) is 6.74. The Hall–Kier alpha value is -0.530. The average Bonchev–Trinajstić information content (AvgIpc) is 2.91. The van der Waals surface area contributed by atoms with E-state index in [4.69, 9.17) is 11.6 Å². The van der Waals surface area contributed by atoms with Crippen LogP contribution in [-0.4, -0.2) is 6.04 Å². The van der Waals surface area contributed by atoms with Crippen molar-refractivity contribution in [1.29, 1.82) is 0 Å². The molecular formula is C15H20ClN. The highest BCUT2D eigenvalue weighted by Gasteiger charge is 2.39. The number of fused-ring (bicyclic) bond motifs is 2. The minimum absolute atomic E-state index is 0.441. The summed E-state index contributed by atoms with van der Waals surface area (Å²) in [6.07, 6.45) is 5.77. The van der Waals surface area contributed by atoms with Gasteiger partial charge in [-0.25, -0.2) is 0 Å². The molecule has 2 aliphatic rings. The molecule has 17 heavy (non-hydrogen) atoms. The molecule has 0 spiro atoms. The van der Waals surface area contributed by atoms with Crippen molar-refractivity contribution in [2.75, 3.05) is 0 Å². The molecule has 1 nitrogen and oxygen atoms in total.